The van der Waals surface area contributed by atoms with Gasteiger partial charge in [0.2, 0.25) is 0 Å². The molecule has 2 heterocycles. The third kappa shape index (κ3) is 3.48. The average Bonchev–Trinajstić information content (AvgIpc) is 2.72. The maximum atomic E-state index is 13.6. The van der Waals surface area contributed by atoms with Gasteiger partial charge in [0.1, 0.15) is 23.3 Å². The Morgan fingerprint density at radius 2 is 2.07 bits per heavy atom. The average molecular weight is 366 g/mol. The molecule has 5 nitrogen and oxygen atoms in total. The number of ether oxygens (including phenoxy) is 2. The molecule has 4 rings (SSSR count). The van der Waals surface area contributed by atoms with Crippen LogP contribution < -0.4 is 4.90 Å². The molecule has 1 saturated heterocycles. The third-order valence-corrected chi connectivity index (χ3v) is 4.70. The number of hydrogen-bond acceptors (Lipinski definition) is 5. The molecule has 1 aliphatic heterocycles. The SMILES string of the molecule is COC(=O)c1cc2ccccc2nc1N1CCOC(c2cccc(F)c2)C1. The largest absolute Gasteiger partial charge is 0.465 e. The number of morpholine rings is 1. The van der Waals surface area contributed by atoms with Crippen LogP contribution in [0, 0.1) is 5.82 Å². The molecule has 6 heteroatoms. The Balaban J connectivity index is 1.73. The van der Waals surface area contributed by atoms with Crippen LogP contribution in [-0.4, -0.2) is 37.8 Å². The fourth-order valence-electron chi connectivity index (χ4n) is 3.36. The number of para-hydroxylation sites is 1. The summed E-state index contributed by atoms with van der Waals surface area (Å²) < 4.78 is 24.4. The highest BCUT2D eigenvalue weighted by Gasteiger charge is 2.27. The first-order chi connectivity index (χ1) is 13.2. The van der Waals surface area contributed by atoms with Gasteiger partial charge in [-0.25, -0.2) is 14.2 Å². The van der Waals surface area contributed by atoms with E-state index in [1.54, 1.807) is 12.1 Å². The van der Waals surface area contributed by atoms with Crippen molar-refractivity contribution in [3.63, 3.8) is 0 Å². The van der Waals surface area contributed by atoms with Gasteiger partial charge in [0.15, 0.2) is 0 Å². The molecule has 0 spiro atoms. The van der Waals surface area contributed by atoms with E-state index in [4.69, 9.17) is 14.5 Å². The number of carbonyl (C=O) groups is 1. The second-order valence-corrected chi connectivity index (χ2v) is 6.40. The predicted octanol–water partition coefficient (Wildman–Crippen LogP) is 3.74. The van der Waals surface area contributed by atoms with Gasteiger partial charge in [-0.3, -0.25) is 0 Å². The Morgan fingerprint density at radius 1 is 1.22 bits per heavy atom. The number of anilines is 1. The van der Waals surface area contributed by atoms with Crippen molar-refractivity contribution in [3.8, 4) is 0 Å². The zero-order chi connectivity index (χ0) is 18.8. The number of nitrogens with zero attached hydrogens (tertiary/aromatic N) is 2. The Kier molecular flexibility index (Phi) is 4.73. The molecule has 1 aliphatic rings. The number of fused-ring (bicyclic) bond motifs is 1. The topological polar surface area (TPSA) is 51.7 Å². The minimum atomic E-state index is -0.433. The maximum absolute atomic E-state index is 13.6. The van der Waals surface area contributed by atoms with Gasteiger partial charge in [-0.05, 0) is 29.8 Å². The summed E-state index contributed by atoms with van der Waals surface area (Å²) in [5, 5.41) is 0.872. The van der Waals surface area contributed by atoms with Gasteiger partial charge in [-0.1, -0.05) is 30.3 Å². The highest BCUT2D eigenvalue weighted by molar-refractivity contribution is 5.99. The van der Waals surface area contributed by atoms with E-state index in [2.05, 4.69) is 0 Å². The minimum absolute atomic E-state index is 0.298. The summed E-state index contributed by atoms with van der Waals surface area (Å²) in [5.41, 5.74) is 1.98. The van der Waals surface area contributed by atoms with Gasteiger partial charge < -0.3 is 14.4 Å². The van der Waals surface area contributed by atoms with Crippen LogP contribution in [0.1, 0.15) is 22.0 Å². The van der Waals surface area contributed by atoms with Crippen molar-refractivity contribution in [1.29, 1.82) is 0 Å². The number of pyridine rings is 1. The summed E-state index contributed by atoms with van der Waals surface area (Å²) in [6.45, 7) is 1.51. The Hall–Kier alpha value is -2.99. The number of benzene rings is 2. The van der Waals surface area contributed by atoms with E-state index in [1.807, 2.05) is 35.2 Å². The van der Waals surface area contributed by atoms with Gasteiger partial charge in [0.05, 0.1) is 19.2 Å². The lowest BCUT2D eigenvalue weighted by atomic mass is 10.1. The van der Waals surface area contributed by atoms with E-state index in [-0.39, 0.29) is 11.9 Å². The summed E-state index contributed by atoms with van der Waals surface area (Å²) >= 11 is 0. The standard InChI is InChI=1S/C21H19FN2O3/c1-26-21(25)17-12-14-5-2-3-8-18(14)23-20(17)24-9-10-27-19(13-24)15-6-4-7-16(22)11-15/h2-8,11-12,19H,9-10,13H2,1H3. The van der Waals surface area contributed by atoms with Crippen LogP contribution >= 0.6 is 0 Å². The van der Waals surface area contributed by atoms with Crippen LogP contribution in [0.4, 0.5) is 10.2 Å². The second-order valence-electron chi connectivity index (χ2n) is 6.40. The van der Waals surface area contributed by atoms with Crippen LogP contribution in [0.2, 0.25) is 0 Å². The van der Waals surface area contributed by atoms with E-state index in [1.165, 1.54) is 19.2 Å². The normalized spacial score (nSPS) is 17.1. The van der Waals surface area contributed by atoms with E-state index >= 15 is 0 Å². The van der Waals surface area contributed by atoms with Crippen LogP contribution in [0.25, 0.3) is 10.9 Å². The number of aromatic nitrogens is 1. The molecule has 27 heavy (non-hydrogen) atoms. The summed E-state index contributed by atoms with van der Waals surface area (Å²) in [6, 6.07) is 15.8. The molecule has 2 aromatic carbocycles. The predicted molar refractivity (Wildman–Crippen MR) is 100 cm³/mol. The molecule has 3 aromatic rings. The van der Waals surface area contributed by atoms with Crippen molar-refractivity contribution in [3.05, 3.63) is 71.5 Å². The molecule has 0 saturated carbocycles. The molecular weight excluding hydrogens is 347 g/mol. The van der Waals surface area contributed by atoms with Crippen molar-refractivity contribution in [2.24, 2.45) is 0 Å². The zero-order valence-corrected chi connectivity index (χ0v) is 14.9. The van der Waals surface area contributed by atoms with Crippen LogP contribution in [-0.2, 0) is 9.47 Å². The molecular formula is C21H19FN2O3. The molecule has 1 unspecified atom stereocenters. The Morgan fingerprint density at radius 3 is 2.89 bits per heavy atom. The van der Waals surface area contributed by atoms with Crippen molar-refractivity contribution in [2.45, 2.75) is 6.10 Å². The van der Waals surface area contributed by atoms with Crippen LogP contribution in [0.15, 0.2) is 54.6 Å². The van der Waals surface area contributed by atoms with E-state index in [0.29, 0.717) is 31.1 Å². The summed E-state index contributed by atoms with van der Waals surface area (Å²) in [4.78, 5) is 19.1. The third-order valence-electron chi connectivity index (χ3n) is 4.70. The highest BCUT2D eigenvalue weighted by Crippen LogP contribution is 2.30. The fraction of sp³-hybridized carbons (Fsp3) is 0.238. The van der Waals surface area contributed by atoms with Crippen molar-refractivity contribution in [1.82, 2.24) is 4.98 Å². The van der Waals surface area contributed by atoms with Gasteiger partial charge in [-0.15, -0.1) is 0 Å². The molecule has 0 amide bonds. The van der Waals surface area contributed by atoms with Crippen molar-refractivity contribution >= 4 is 22.7 Å². The van der Waals surface area contributed by atoms with Gasteiger partial charge in [0, 0.05) is 18.5 Å². The maximum Gasteiger partial charge on any atom is 0.341 e. The zero-order valence-electron chi connectivity index (χ0n) is 14.9. The molecule has 138 valence electrons. The molecule has 1 fully saturated rings. The lowest BCUT2D eigenvalue weighted by Gasteiger charge is -2.34. The van der Waals surface area contributed by atoms with Crippen molar-refractivity contribution in [2.75, 3.05) is 31.7 Å². The number of rotatable bonds is 3. The number of halogens is 1. The van der Waals surface area contributed by atoms with E-state index < -0.39 is 5.97 Å². The molecule has 0 bridgehead atoms. The quantitative estimate of drug-likeness (QED) is 0.661. The number of hydrogen-bond donors (Lipinski definition) is 0. The first-order valence-corrected chi connectivity index (χ1v) is 8.76. The summed E-state index contributed by atoms with van der Waals surface area (Å²) in [7, 11) is 1.36. The minimum Gasteiger partial charge on any atom is -0.465 e. The Bertz CT molecular complexity index is 992. The van der Waals surface area contributed by atoms with Crippen molar-refractivity contribution < 1.29 is 18.7 Å². The molecule has 1 aromatic heterocycles. The summed E-state index contributed by atoms with van der Waals surface area (Å²) in [5.74, 6) is -0.172. The van der Waals surface area contributed by atoms with E-state index in [0.717, 1.165) is 16.5 Å². The molecule has 0 aliphatic carbocycles. The molecule has 0 N–H and O–H groups in total. The lowest BCUT2D eigenvalue weighted by molar-refractivity contribution is 0.0390. The van der Waals surface area contributed by atoms with Gasteiger partial charge in [0.25, 0.3) is 0 Å². The highest BCUT2D eigenvalue weighted by atomic mass is 19.1. The molecule has 0 radical (unpaired) electrons. The van der Waals surface area contributed by atoms with Gasteiger partial charge in [-0.2, -0.15) is 0 Å². The Labute approximate surface area is 156 Å². The summed E-state index contributed by atoms with van der Waals surface area (Å²) in [6.07, 6.45) is -0.298. The first-order valence-electron chi connectivity index (χ1n) is 8.76. The van der Waals surface area contributed by atoms with Crippen LogP contribution in [0.3, 0.4) is 0 Å². The monoisotopic (exact) mass is 366 g/mol. The smallest absolute Gasteiger partial charge is 0.341 e. The number of esters is 1. The first kappa shape index (κ1) is 17.4. The van der Waals surface area contributed by atoms with E-state index in [9.17, 15) is 9.18 Å². The van der Waals surface area contributed by atoms with Crippen LogP contribution in [0.5, 0.6) is 0 Å². The second kappa shape index (κ2) is 7.32. The van der Waals surface area contributed by atoms with Gasteiger partial charge >= 0.3 is 5.97 Å². The number of methoxy groups -OCH3 is 1. The molecule has 1 atom stereocenters. The lowest BCUT2D eigenvalue weighted by Crippen LogP contribution is -2.39. The fourth-order valence-corrected chi connectivity index (χ4v) is 3.36. The number of carbonyl (C=O) groups excluding carboxylic acids is 1.